The van der Waals surface area contributed by atoms with Gasteiger partial charge in [0.05, 0.1) is 12.2 Å². The maximum absolute atomic E-state index is 12.2. The second-order valence-electron chi connectivity index (χ2n) is 3.05. The lowest BCUT2D eigenvalue weighted by Gasteiger charge is -2.10. The Labute approximate surface area is 79.4 Å². The van der Waals surface area contributed by atoms with E-state index in [0.717, 1.165) is 18.3 Å². The van der Waals surface area contributed by atoms with Crippen LogP contribution in [0.5, 0.6) is 0 Å². The summed E-state index contributed by atoms with van der Waals surface area (Å²) in [7, 11) is 0. The molecule has 5 heteroatoms. The minimum absolute atomic E-state index is 0.214. The molecule has 1 aromatic rings. The van der Waals surface area contributed by atoms with Crippen molar-refractivity contribution in [3.8, 4) is 0 Å². The summed E-state index contributed by atoms with van der Waals surface area (Å²) in [5, 5.41) is 8.76. The van der Waals surface area contributed by atoms with Gasteiger partial charge in [0.1, 0.15) is 0 Å². The predicted octanol–water partition coefficient (Wildman–Crippen LogP) is 2.20. The number of hydrogen-bond acceptors (Lipinski definition) is 2. The van der Waals surface area contributed by atoms with Crippen molar-refractivity contribution in [2.24, 2.45) is 0 Å². The quantitative estimate of drug-likeness (QED) is 0.802. The number of aromatic nitrogens is 1. The van der Waals surface area contributed by atoms with Gasteiger partial charge in [0.25, 0.3) is 0 Å². The second kappa shape index (κ2) is 3.96. The predicted molar refractivity (Wildman–Crippen MR) is 44.7 cm³/mol. The standard InChI is InChI=1S/C9H10F3NO/c1-6(5-14)8-4-7(2-3-13-8)9(10,11)12/h2-4,6,14H,5H2,1H3/t6-/m0/s1. The van der Waals surface area contributed by atoms with Gasteiger partial charge in [0, 0.05) is 17.8 Å². The smallest absolute Gasteiger partial charge is 0.396 e. The van der Waals surface area contributed by atoms with Gasteiger partial charge in [0.15, 0.2) is 0 Å². The van der Waals surface area contributed by atoms with Gasteiger partial charge in [-0.15, -0.1) is 0 Å². The minimum Gasteiger partial charge on any atom is -0.396 e. The SMILES string of the molecule is C[C@@H](CO)c1cc(C(F)(F)F)ccn1. The van der Waals surface area contributed by atoms with Gasteiger partial charge >= 0.3 is 6.18 Å². The van der Waals surface area contributed by atoms with Crippen molar-refractivity contribution in [2.75, 3.05) is 6.61 Å². The molecule has 0 aliphatic carbocycles. The summed E-state index contributed by atoms with van der Waals surface area (Å²) in [5.74, 6) is -0.378. The van der Waals surface area contributed by atoms with Crippen molar-refractivity contribution in [3.05, 3.63) is 29.6 Å². The molecule has 1 atom stereocenters. The van der Waals surface area contributed by atoms with E-state index in [1.54, 1.807) is 6.92 Å². The minimum atomic E-state index is -4.35. The van der Waals surface area contributed by atoms with Gasteiger partial charge in [-0.1, -0.05) is 6.92 Å². The third-order valence-electron chi connectivity index (χ3n) is 1.89. The van der Waals surface area contributed by atoms with Crippen LogP contribution in [-0.2, 0) is 6.18 Å². The van der Waals surface area contributed by atoms with Crippen LogP contribution in [0, 0.1) is 0 Å². The molecule has 78 valence electrons. The number of aliphatic hydroxyl groups is 1. The van der Waals surface area contributed by atoms with Crippen molar-refractivity contribution in [1.29, 1.82) is 0 Å². The van der Waals surface area contributed by atoms with E-state index < -0.39 is 11.7 Å². The Kier molecular flexibility index (Phi) is 3.10. The third kappa shape index (κ3) is 2.45. The molecule has 0 bridgehead atoms. The summed E-state index contributed by atoms with van der Waals surface area (Å²) in [6.45, 7) is 1.40. The average Bonchev–Trinajstić information content (AvgIpc) is 2.15. The Morgan fingerprint density at radius 2 is 2.14 bits per heavy atom. The lowest BCUT2D eigenvalue weighted by Crippen LogP contribution is -2.08. The monoisotopic (exact) mass is 205 g/mol. The topological polar surface area (TPSA) is 33.1 Å². The van der Waals surface area contributed by atoms with Crippen molar-refractivity contribution < 1.29 is 18.3 Å². The molecule has 14 heavy (non-hydrogen) atoms. The van der Waals surface area contributed by atoms with Crippen LogP contribution >= 0.6 is 0 Å². The Balaban J connectivity index is 3.01. The first kappa shape index (κ1) is 11.0. The maximum Gasteiger partial charge on any atom is 0.416 e. The lowest BCUT2D eigenvalue weighted by atomic mass is 10.1. The van der Waals surface area contributed by atoms with Crippen molar-refractivity contribution in [3.63, 3.8) is 0 Å². The number of alkyl halides is 3. The highest BCUT2D eigenvalue weighted by atomic mass is 19.4. The first-order valence-electron chi connectivity index (χ1n) is 4.09. The molecule has 0 radical (unpaired) electrons. The fourth-order valence-corrected chi connectivity index (χ4v) is 0.988. The van der Waals surface area contributed by atoms with Gasteiger partial charge in [0.2, 0.25) is 0 Å². The van der Waals surface area contributed by atoms with E-state index in [2.05, 4.69) is 4.98 Å². The van der Waals surface area contributed by atoms with Gasteiger partial charge in [-0.25, -0.2) is 0 Å². The number of nitrogens with zero attached hydrogens (tertiary/aromatic N) is 1. The Morgan fingerprint density at radius 1 is 1.50 bits per heavy atom. The van der Waals surface area contributed by atoms with Crippen LogP contribution in [0.25, 0.3) is 0 Å². The van der Waals surface area contributed by atoms with Crippen LogP contribution < -0.4 is 0 Å². The average molecular weight is 205 g/mol. The number of pyridine rings is 1. The summed E-state index contributed by atoms with van der Waals surface area (Å²) in [6.07, 6.45) is -3.25. The number of halogens is 3. The van der Waals surface area contributed by atoms with E-state index in [9.17, 15) is 13.2 Å². The third-order valence-corrected chi connectivity index (χ3v) is 1.89. The zero-order valence-electron chi connectivity index (χ0n) is 7.54. The zero-order valence-corrected chi connectivity index (χ0v) is 7.54. The lowest BCUT2D eigenvalue weighted by molar-refractivity contribution is -0.137. The fourth-order valence-electron chi connectivity index (χ4n) is 0.988. The molecule has 0 amide bonds. The molecule has 1 aromatic heterocycles. The summed E-state index contributed by atoms with van der Waals surface area (Å²) >= 11 is 0. The normalized spacial score (nSPS) is 14.1. The van der Waals surface area contributed by atoms with Crippen LogP contribution in [-0.4, -0.2) is 16.7 Å². The van der Waals surface area contributed by atoms with Gasteiger partial charge in [-0.2, -0.15) is 13.2 Å². The molecule has 0 aliphatic rings. The molecular formula is C9H10F3NO. The fraction of sp³-hybridized carbons (Fsp3) is 0.444. The van der Waals surface area contributed by atoms with Crippen molar-refractivity contribution in [1.82, 2.24) is 4.98 Å². The van der Waals surface area contributed by atoms with E-state index in [-0.39, 0.29) is 18.2 Å². The van der Waals surface area contributed by atoms with Gasteiger partial charge < -0.3 is 5.11 Å². The highest BCUT2D eigenvalue weighted by Crippen LogP contribution is 2.30. The molecule has 0 aromatic carbocycles. The molecule has 0 saturated heterocycles. The highest BCUT2D eigenvalue weighted by molar-refractivity contribution is 5.21. The van der Waals surface area contributed by atoms with Crippen LogP contribution in [0.15, 0.2) is 18.3 Å². The Morgan fingerprint density at radius 3 is 2.64 bits per heavy atom. The zero-order chi connectivity index (χ0) is 10.8. The Bertz CT molecular complexity index is 311. The Hall–Kier alpha value is -1.10. The molecule has 0 aliphatic heterocycles. The van der Waals surface area contributed by atoms with Crippen LogP contribution in [0.1, 0.15) is 24.1 Å². The maximum atomic E-state index is 12.2. The number of rotatable bonds is 2. The van der Waals surface area contributed by atoms with E-state index in [0.29, 0.717) is 0 Å². The summed E-state index contributed by atoms with van der Waals surface area (Å²) in [5.41, 5.74) is -0.481. The van der Waals surface area contributed by atoms with Crippen molar-refractivity contribution >= 4 is 0 Å². The molecular weight excluding hydrogens is 195 g/mol. The largest absolute Gasteiger partial charge is 0.416 e. The number of aliphatic hydroxyl groups excluding tert-OH is 1. The molecule has 0 fully saturated rings. The summed E-state index contributed by atoms with van der Waals surface area (Å²) in [6, 6.07) is 1.87. The van der Waals surface area contributed by atoms with E-state index in [4.69, 9.17) is 5.11 Å². The number of hydrogen-bond donors (Lipinski definition) is 1. The van der Waals surface area contributed by atoms with E-state index in [1.807, 2.05) is 0 Å². The molecule has 1 N–H and O–H groups in total. The van der Waals surface area contributed by atoms with E-state index >= 15 is 0 Å². The highest BCUT2D eigenvalue weighted by Gasteiger charge is 2.30. The molecule has 0 spiro atoms. The molecule has 1 heterocycles. The summed E-state index contributed by atoms with van der Waals surface area (Å²) < 4.78 is 36.7. The first-order chi connectivity index (χ1) is 6.45. The second-order valence-corrected chi connectivity index (χ2v) is 3.05. The first-order valence-corrected chi connectivity index (χ1v) is 4.09. The summed E-state index contributed by atoms with van der Waals surface area (Å²) in [4.78, 5) is 3.76. The molecule has 0 unspecified atom stereocenters. The van der Waals surface area contributed by atoms with E-state index in [1.165, 1.54) is 0 Å². The van der Waals surface area contributed by atoms with Crippen LogP contribution in [0.2, 0.25) is 0 Å². The molecule has 2 nitrogen and oxygen atoms in total. The van der Waals surface area contributed by atoms with Crippen LogP contribution in [0.4, 0.5) is 13.2 Å². The van der Waals surface area contributed by atoms with Crippen molar-refractivity contribution in [2.45, 2.75) is 19.0 Å². The van der Waals surface area contributed by atoms with Crippen LogP contribution in [0.3, 0.4) is 0 Å². The van der Waals surface area contributed by atoms with Gasteiger partial charge in [-0.05, 0) is 12.1 Å². The molecule has 0 saturated carbocycles. The molecule has 1 rings (SSSR count). The van der Waals surface area contributed by atoms with Gasteiger partial charge in [-0.3, -0.25) is 4.98 Å².